The third-order valence-electron chi connectivity index (χ3n) is 4.91. The predicted octanol–water partition coefficient (Wildman–Crippen LogP) is 0.994. The molecule has 0 atom stereocenters. The SMILES string of the molecule is O=C(NCCCN1C(=O)NC2(CCCCC2)C1=O)N1CC(F)C1. The topological polar surface area (TPSA) is 81.8 Å². The van der Waals surface area contributed by atoms with Crippen molar-refractivity contribution in [3.8, 4) is 0 Å². The average Bonchev–Trinajstić information content (AvgIpc) is 2.72. The lowest BCUT2D eigenvalue weighted by Gasteiger charge is -2.34. The van der Waals surface area contributed by atoms with Crippen molar-refractivity contribution in [1.29, 1.82) is 0 Å². The van der Waals surface area contributed by atoms with E-state index < -0.39 is 11.7 Å². The first-order valence-electron chi connectivity index (χ1n) is 8.33. The molecule has 0 radical (unpaired) electrons. The van der Waals surface area contributed by atoms with Crippen LogP contribution in [0.5, 0.6) is 0 Å². The smallest absolute Gasteiger partial charge is 0.325 e. The number of imide groups is 1. The van der Waals surface area contributed by atoms with Crippen LogP contribution in [-0.2, 0) is 4.79 Å². The third-order valence-corrected chi connectivity index (χ3v) is 4.91. The average molecular weight is 326 g/mol. The Bertz CT molecular complexity index is 501. The lowest BCUT2D eigenvalue weighted by molar-refractivity contribution is -0.132. The maximum Gasteiger partial charge on any atom is 0.325 e. The molecule has 0 bridgehead atoms. The maximum absolute atomic E-state index is 12.7. The molecule has 2 N–H and O–H groups in total. The molecule has 0 aromatic rings. The number of rotatable bonds is 4. The zero-order valence-electron chi connectivity index (χ0n) is 13.1. The molecule has 2 aliphatic heterocycles. The number of urea groups is 2. The van der Waals surface area contributed by atoms with E-state index in [4.69, 9.17) is 0 Å². The van der Waals surface area contributed by atoms with Crippen LogP contribution in [0.2, 0.25) is 0 Å². The summed E-state index contributed by atoms with van der Waals surface area (Å²) >= 11 is 0. The zero-order valence-corrected chi connectivity index (χ0v) is 13.1. The van der Waals surface area contributed by atoms with Crippen LogP contribution in [0.4, 0.5) is 14.0 Å². The van der Waals surface area contributed by atoms with E-state index in [1.807, 2.05) is 0 Å². The van der Waals surface area contributed by atoms with Gasteiger partial charge in [-0.2, -0.15) is 0 Å². The molecule has 3 rings (SSSR count). The fraction of sp³-hybridized carbons (Fsp3) is 0.800. The number of nitrogens with one attached hydrogen (secondary N) is 2. The van der Waals surface area contributed by atoms with Crippen molar-refractivity contribution in [2.24, 2.45) is 0 Å². The van der Waals surface area contributed by atoms with Crippen LogP contribution in [0.1, 0.15) is 38.5 Å². The van der Waals surface area contributed by atoms with Gasteiger partial charge in [-0.05, 0) is 19.3 Å². The molecule has 5 amide bonds. The molecule has 1 spiro atoms. The Labute approximate surface area is 134 Å². The summed E-state index contributed by atoms with van der Waals surface area (Å²) in [6.07, 6.45) is 4.02. The summed E-state index contributed by atoms with van der Waals surface area (Å²) in [7, 11) is 0. The van der Waals surface area contributed by atoms with Crippen LogP contribution in [0.3, 0.4) is 0 Å². The number of likely N-dealkylation sites (tertiary alicyclic amines) is 1. The molecule has 7 nitrogen and oxygen atoms in total. The fourth-order valence-electron chi connectivity index (χ4n) is 3.51. The molecule has 0 aromatic carbocycles. The van der Waals surface area contributed by atoms with Crippen molar-refractivity contribution < 1.29 is 18.8 Å². The summed E-state index contributed by atoms with van der Waals surface area (Å²) in [6.45, 7) is 0.928. The maximum atomic E-state index is 12.7. The van der Waals surface area contributed by atoms with Crippen molar-refractivity contribution in [2.45, 2.75) is 50.2 Å². The van der Waals surface area contributed by atoms with Gasteiger partial charge in [0.1, 0.15) is 11.7 Å². The minimum atomic E-state index is -0.918. The van der Waals surface area contributed by atoms with Crippen LogP contribution in [0, 0.1) is 0 Å². The van der Waals surface area contributed by atoms with Crippen molar-refractivity contribution in [3.63, 3.8) is 0 Å². The molecule has 3 fully saturated rings. The van der Waals surface area contributed by atoms with Gasteiger partial charge in [-0.15, -0.1) is 0 Å². The lowest BCUT2D eigenvalue weighted by Crippen LogP contribution is -2.55. The van der Waals surface area contributed by atoms with E-state index in [0.717, 1.165) is 19.3 Å². The number of alkyl halides is 1. The molecule has 1 saturated carbocycles. The van der Waals surface area contributed by atoms with Crippen molar-refractivity contribution in [2.75, 3.05) is 26.2 Å². The van der Waals surface area contributed by atoms with Gasteiger partial charge in [-0.1, -0.05) is 19.3 Å². The normalized spacial score (nSPS) is 23.9. The number of carbonyl (C=O) groups is 3. The highest BCUT2D eigenvalue weighted by molar-refractivity contribution is 6.07. The quantitative estimate of drug-likeness (QED) is 0.597. The molecule has 0 aromatic heterocycles. The number of hydrogen-bond acceptors (Lipinski definition) is 3. The van der Waals surface area contributed by atoms with Gasteiger partial charge in [0.05, 0.1) is 13.1 Å². The molecule has 8 heteroatoms. The number of halogens is 1. The highest BCUT2D eigenvalue weighted by Gasteiger charge is 2.50. The molecule has 3 aliphatic rings. The minimum Gasteiger partial charge on any atom is -0.338 e. The summed E-state index contributed by atoms with van der Waals surface area (Å²) in [5.74, 6) is -0.128. The molecule has 2 saturated heterocycles. The van der Waals surface area contributed by atoms with Gasteiger partial charge in [-0.3, -0.25) is 9.69 Å². The summed E-state index contributed by atoms with van der Waals surface area (Å²) in [5.41, 5.74) is -0.688. The predicted molar refractivity (Wildman–Crippen MR) is 80.5 cm³/mol. The Morgan fingerprint density at radius 3 is 2.61 bits per heavy atom. The Balaban J connectivity index is 1.42. The van der Waals surface area contributed by atoms with Gasteiger partial charge in [0.25, 0.3) is 5.91 Å². The number of amides is 5. The fourth-order valence-corrected chi connectivity index (χ4v) is 3.51. The van der Waals surface area contributed by atoms with Crippen LogP contribution in [0.15, 0.2) is 0 Å². The van der Waals surface area contributed by atoms with E-state index in [1.165, 1.54) is 9.80 Å². The highest BCUT2D eigenvalue weighted by Crippen LogP contribution is 2.33. The van der Waals surface area contributed by atoms with E-state index >= 15 is 0 Å². The Kier molecular flexibility index (Phi) is 4.41. The zero-order chi connectivity index (χ0) is 16.4. The lowest BCUT2D eigenvalue weighted by atomic mass is 9.82. The van der Waals surface area contributed by atoms with Crippen LogP contribution >= 0.6 is 0 Å². The van der Waals surface area contributed by atoms with Crippen molar-refractivity contribution in [3.05, 3.63) is 0 Å². The molecule has 128 valence electrons. The van der Waals surface area contributed by atoms with E-state index in [-0.39, 0.29) is 31.1 Å². The van der Waals surface area contributed by atoms with Gasteiger partial charge in [0, 0.05) is 13.1 Å². The Hall–Kier alpha value is -1.86. The largest absolute Gasteiger partial charge is 0.338 e. The van der Waals surface area contributed by atoms with Gasteiger partial charge in [0.15, 0.2) is 0 Å². The van der Waals surface area contributed by atoms with Crippen molar-refractivity contribution >= 4 is 18.0 Å². The molecular formula is C15H23FN4O3. The first-order valence-corrected chi connectivity index (χ1v) is 8.33. The summed E-state index contributed by atoms with van der Waals surface area (Å²) in [4.78, 5) is 38.9. The number of carbonyl (C=O) groups excluding carboxylic acids is 3. The highest BCUT2D eigenvalue weighted by atomic mass is 19.1. The number of hydrogen-bond donors (Lipinski definition) is 2. The minimum absolute atomic E-state index is 0.128. The van der Waals surface area contributed by atoms with Crippen LogP contribution < -0.4 is 10.6 Å². The van der Waals surface area contributed by atoms with Gasteiger partial charge < -0.3 is 15.5 Å². The second kappa shape index (κ2) is 6.33. The monoisotopic (exact) mass is 326 g/mol. The molecule has 0 unspecified atom stereocenters. The second-order valence-electron chi connectivity index (χ2n) is 6.62. The molecule has 23 heavy (non-hydrogen) atoms. The second-order valence-corrected chi connectivity index (χ2v) is 6.62. The number of nitrogens with zero attached hydrogens (tertiary/aromatic N) is 2. The summed E-state index contributed by atoms with van der Waals surface area (Å²) in [5, 5.41) is 5.54. The van der Waals surface area contributed by atoms with E-state index in [9.17, 15) is 18.8 Å². The van der Waals surface area contributed by atoms with Gasteiger partial charge in [-0.25, -0.2) is 14.0 Å². The molecule has 1 aliphatic carbocycles. The standard InChI is InChI=1S/C15H23FN4O3/c16-11-9-19(10-11)13(22)17-7-4-8-20-12(21)15(18-14(20)23)5-2-1-3-6-15/h11H,1-10H2,(H,17,22)(H,18,23). The third kappa shape index (κ3) is 3.11. The molecule has 2 heterocycles. The Morgan fingerprint density at radius 2 is 1.96 bits per heavy atom. The van der Waals surface area contributed by atoms with E-state index in [2.05, 4.69) is 10.6 Å². The first-order chi connectivity index (χ1) is 11.0. The summed E-state index contributed by atoms with van der Waals surface area (Å²) < 4.78 is 12.7. The van der Waals surface area contributed by atoms with E-state index in [0.29, 0.717) is 32.4 Å². The van der Waals surface area contributed by atoms with Crippen molar-refractivity contribution in [1.82, 2.24) is 20.4 Å². The van der Waals surface area contributed by atoms with E-state index in [1.54, 1.807) is 0 Å². The van der Waals surface area contributed by atoms with Gasteiger partial charge in [0.2, 0.25) is 0 Å². The first kappa shape index (κ1) is 16.0. The van der Waals surface area contributed by atoms with Gasteiger partial charge >= 0.3 is 12.1 Å². The van der Waals surface area contributed by atoms with Crippen LogP contribution in [-0.4, -0.2) is 65.7 Å². The summed E-state index contributed by atoms with van der Waals surface area (Å²) in [6, 6.07) is -0.619. The Morgan fingerprint density at radius 1 is 1.26 bits per heavy atom. The van der Waals surface area contributed by atoms with Crippen LogP contribution in [0.25, 0.3) is 0 Å². The molecular weight excluding hydrogens is 303 g/mol.